The van der Waals surface area contributed by atoms with E-state index in [-0.39, 0.29) is 12.6 Å². The van der Waals surface area contributed by atoms with Gasteiger partial charge in [-0.25, -0.2) is 0 Å². The minimum Gasteiger partial charge on any atom is -0.395 e. The lowest BCUT2D eigenvalue weighted by atomic mass is 10.1. The standard InChI is InChI=1S/C11H18N2O/c1-12-6-4-2-3-5-10-7-11(9-14)13-8-10/h2-6,10-11,13-14H,7-9H2,1H3/b4-2-,5-3+,12-6?. The maximum atomic E-state index is 8.91. The number of nitrogens with zero attached hydrogens (tertiary/aromatic N) is 1. The molecule has 2 unspecified atom stereocenters. The fourth-order valence-corrected chi connectivity index (χ4v) is 1.56. The first-order chi connectivity index (χ1) is 6.86. The number of aliphatic hydroxyl groups is 1. The fourth-order valence-electron chi connectivity index (χ4n) is 1.56. The third kappa shape index (κ3) is 3.85. The molecule has 1 fully saturated rings. The molecule has 1 aliphatic heterocycles. The van der Waals surface area contributed by atoms with Crippen molar-refractivity contribution in [2.75, 3.05) is 20.2 Å². The number of rotatable bonds is 4. The monoisotopic (exact) mass is 194 g/mol. The Balaban J connectivity index is 2.24. The van der Waals surface area contributed by atoms with E-state index in [9.17, 15) is 0 Å². The summed E-state index contributed by atoms with van der Waals surface area (Å²) in [6.45, 7) is 1.21. The van der Waals surface area contributed by atoms with Crippen molar-refractivity contribution >= 4 is 6.21 Å². The minimum atomic E-state index is 0.239. The molecule has 1 heterocycles. The number of allylic oxidation sites excluding steroid dienone is 3. The number of aliphatic hydroxyl groups excluding tert-OH is 1. The summed E-state index contributed by atoms with van der Waals surface area (Å²) in [6.07, 6.45) is 10.9. The van der Waals surface area contributed by atoms with Gasteiger partial charge in [0.15, 0.2) is 0 Å². The molecule has 0 aromatic carbocycles. The molecule has 78 valence electrons. The Morgan fingerprint density at radius 1 is 1.43 bits per heavy atom. The zero-order chi connectivity index (χ0) is 10.2. The molecule has 0 spiro atoms. The molecule has 14 heavy (non-hydrogen) atoms. The van der Waals surface area contributed by atoms with Crippen molar-refractivity contribution in [1.29, 1.82) is 0 Å². The third-order valence-corrected chi connectivity index (χ3v) is 2.32. The largest absolute Gasteiger partial charge is 0.395 e. The van der Waals surface area contributed by atoms with Gasteiger partial charge in [0.1, 0.15) is 0 Å². The van der Waals surface area contributed by atoms with Crippen LogP contribution in [0, 0.1) is 5.92 Å². The van der Waals surface area contributed by atoms with Gasteiger partial charge in [0.2, 0.25) is 0 Å². The predicted molar refractivity (Wildman–Crippen MR) is 59.7 cm³/mol. The van der Waals surface area contributed by atoms with E-state index >= 15 is 0 Å². The lowest BCUT2D eigenvalue weighted by molar-refractivity contribution is 0.254. The van der Waals surface area contributed by atoms with Gasteiger partial charge in [-0.05, 0) is 18.4 Å². The van der Waals surface area contributed by atoms with Crippen LogP contribution in [0.4, 0.5) is 0 Å². The quantitative estimate of drug-likeness (QED) is 0.513. The first-order valence-corrected chi connectivity index (χ1v) is 4.96. The molecule has 2 N–H and O–H groups in total. The van der Waals surface area contributed by atoms with Crippen molar-refractivity contribution in [3.05, 3.63) is 24.3 Å². The van der Waals surface area contributed by atoms with Gasteiger partial charge in [0.05, 0.1) is 6.61 Å². The summed E-state index contributed by atoms with van der Waals surface area (Å²) in [6, 6.07) is 0.283. The summed E-state index contributed by atoms with van der Waals surface area (Å²) in [4.78, 5) is 3.84. The zero-order valence-electron chi connectivity index (χ0n) is 8.56. The molecule has 0 aromatic heterocycles. The summed E-state index contributed by atoms with van der Waals surface area (Å²) in [5.41, 5.74) is 0. The molecule has 3 nitrogen and oxygen atoms in total. The second-order valence-electron chi connectivity index (χ2n) is 3.46. The third-order valence-electron chi connectivity index (χ3n) is 2.32. The Hall–Kier alpha value is -0.930. The van der Waals surface area contributed by atoms with E-state index in [0.29, 0.717) is 5.92 Å². The number of hydrogen-bond donors (Lipinski definition) is 2. The Morgan fingerprint density at radius 2 is 2.29 bits per heavy atom. The average Bonchev–Trinajstić information content (AvgIpc) is 2.65. The van der Waals surface area contributed by atoms with Gasteiger partial charge in [-0.2, -0.15) is 0 Å². The van der Waals surface area contributed by atoms with Gasteiger partial charge < -0.3 is 10.4 Å². The average molecular weight is 194 g/mol. The number of nitrogens with one attached hydrogen (secondary N) is 1. The molecule has 0 radical (unpaired) electrons. The van der Waals surface area contributed by atoms with Gasteiger partial charge in [0, 0.05) is 25.8 Å². The Bertz CT molecular complexity index is 233. The molecule has 0 aromatic rings. The second kappa shape index (κ2) is 6.51. The van der Waals surface area contributed by atoms with Crippen LogP contribution in [-0.2, 0) is 0 Å². The zero-order valence-corrected chi connectivity index (χ0v) is 8.56. The number of aliphatic imine (C=N–C) groups is 1. The first-order valence-electron chi connectivity index (χ1n) is 4.96. The molecular formula is C11H18N2O. The van der Waals surface area contributed by atoms with Crippen molar-refractivity contribution in [2.24, 2.45) is 10.9 Å². The molecule has 0 aliphatic carbocycles. The topological polar surface area (TPSA) is 44.6 Å². The predicted octanol–water partition coefficient (Wildman–Crippen LogP) is 0.770. The normalized spacial score (nSPS) is 28.7. The van der Waals surface area contributed by atoms with Crippen molar-refractivity contribution in [2.45, 2.75) is 12.5 Å². The molecule has 1 saturated heterocycles. The van der Waals surface area contributed by atoms with Crippen LogP contribution < -0.4 is 5.32 Å². The Morgan fingerprint density at radius 3 is 2.93 bits per heavy atom. The molecule has 2 atom stereocenters. The van der Waals surface area contributed by atoms with Crippen molar-refractivity contribution in [3.8, 4) is 0 Å². The molecule has 3 heteroatoms. The Kier molecular flexibility index (Phi) is 5.19. The lowest BCUT2D eigenvalue weighted by Crippen LogP contribution is -2.24. The van der Waals surface area contributed by atoms with Crippen LogP contribution in [-0.4, -0.2) is 37.6 Å². The van der Waals surface area contributed by atoms with Gasteiger partial charge >= 0.3 is 0 Å². The highest BCUT2D eigenvalue weighted by Gasteiger charge is 2.20. The van der Waals surface area contributed by atoms with E-state index in [0.717, 1.165) is 13.0 Å². The molecule has 0 amide bonds. The SMILES string of the molecule is CN=C/C=C\C=C\C1CNC(CO)C1. The van der Waals surface area contributed by atoms with Crippen LogP contribution in [0.3, 0.4) is 0 Å². The van der Waals surface area contributed by atoms with E-state index < -0.39 is 0 Å². The molecule has 0 bridgehead atoms. The maximum absolute atomic E-state index is 8.91. The van der Waals surface area contributed by atoms with Crippen LogP contribution >= 0.6 is 0 Å². The summed E-state index contributed by atoms with van der Waals surface area (Å²) in [5.74, 6) is 0.551. The van der Waals surface area contributed by atoms with Crippen LogP contribution in [0.1, 0.15) is 6.42 Å². The van der Waals surface area contributed by atoms with E-state index in [2.05, 4.69) is 16.4 Å². The minimum absolute atomic E-state index is 0.239. The van der Waals surface area contributed by atoms with Crippen LogP contribution in [0.5, 0.6) is 0 Å². The summed E-state index contributed by atoms with van der Waals surface area (Å²) in [7, 11) is 1.75. The molecule has 1 rings (SSSR count). The van der Waals surface area contributed by atoms with Gasteiger partial charge in [-0.3, -0.25) is 4.99 Å². The maximum Gasteiger partial charge on any atom is 0.0584 e. The van der Waals surface area contributed by atoms with E-state index in [1.807, 2.05) is 18.2 Å². The van der Waals surface area contributed by atoms with Crippen LogP contribution in [0.2, 0.25) is 0 Å². The smallest absolute Gasteiger partial charge is 0.0584 e. The van der Waals surface area contributed by atoms with Gasteiger partial charge in [-0.1, -0.05) is 18.2 Å². The summed E-state index contributed by atoms with van der Waals surface area (Å²) < 4.78 is 0. The highest BCUT2D eigenvalue weighted by molar-refractivity contribution is 5.71. The molecular weight excluding hydrogens is 176 g/mol. The molecule has 1 aliphatic rings. The summed E-state index contributed by atoms with van der Waals surface area (Å²) in [5, 5.41) is 12.2. The highest BCUT2D eigenvalue weighted by Crippen LogP contribution is 2.14. The highest BCUT2D eigenvalue weighted by atomic mass is 16.3. The van der Waals surface area contributed by atoms with Crippen LogP contribution in [0.15, 0.2) is 29.3 Å². The van der Waals surface area contributed by atoms with Crippen molar-refractivity contribution in [3.63, 3.8) is 0 Å². The molecule has 0 saturated carbocycles. The first kappa shape index (κ1) is 11.1. The van der Waals surface area contributed by atoms with Crippen molar-refractivity contribution in [1.82, 2.24) is 5.32 Å². The van der Waals surface area contributed by atoms with Gasteiger partial charge in [0.25, 0.3) is 0 Å². The lowest BCUT2D eigenvalue weighted by Gasteiger charge is -2.02. The van der Waals surface area contributed by atoms with Crippen LogP contribution in [0.25, 0.3) is 0 Å². The number of hydrogen-bond acceptors (Lipinski definition) is 3. The Labute approximate surface area is 85.2 Å². The van der Waals surface area contributed by atoms with Gasteiger partial charge in [-0.15, -0.1) is 0 Å². The fraction of sp³-hybridized carbons (Fsp3) is 0.545. The van der Waals surface area contributed by atoms with E-state index in [1.165, 1.54) is 0 Å². The van der Waals surface area contributed by atoms with E-state index in [4.69, 9.17) is 5.11 Å². The summed E-state index contributed by atoms with van der Waals surface area (Å²) >= 11 is 0. The van der Waals surface area contributed by atoms with E-state index in [1.54, 1.807) is 13.3 Å². The van der Waals surface area contributed by atoms with Crippen molar-refractivity contribution < 1.29 is 5.11 Å². The second-order valence-corrected chi connectivity index (χ2v) is 3.46.